The highest BCUT2D eigenvalue weighted by molar-refractivity contribution is 6.05. The topological polar surface area (TPSA) is 37.4 Å². The Balaban J connectivity index is 2.43. The zero-order valence-electron chi connectivity index (χ0n) is 9.16. The predicted molar refractivity (Wildman–Crippen MR) is 56.3 cm³/mol. The van der Waals surface area contributed by atoms with Crippen LogP contribution in [0, 0.1) is 12.7 Å². The van der Waals surface area contributed by atoms with Gasteiger partial charge in [0.05, 0.1) is 5.92 Å². The maximum absolute atomic E-state index is 13.8. The first kappa shape index (κ1) is 10.8. The van der Waals surface area contributed by atoms with Crippen molar-refractivity contribution in [3.05, 3.63) is 35.1 Å². The van der Waals surface area contributed by atoms with Crippen molar-refractivity contribution >= 4 is 11.8 Å². The highest BCUT2D eigenvalue weighted by atomic mass is 19.1. The lowest BCUT2D eigenvalue weighted by Crippen LogP contribution is -2.25. The van der Waals surface area contributed by atoms with E-state index < -0.39 is 5.92 Å². The van der Waals surface area contributed by atoms with Gasteiger partial charge in [-0.1, -0.05) is 18.2 Å². The lowest BCUT2D eigenvalue weighted by atomic mass is 9.95. The molecule has 1 aliphatic rings. The van der Waals surface area contributed by atoms with Crippen molar-refractivity contribution in [3.8, 4) is 0 Å². The molecule has 4 heteroatoms. The van der Waals surface area contributed by atoms with Crippen LogP contribution in [0.3, 0.4) is 0 Å². The van der Waals surface area contributed by atoms with Crippen molar-refractivity contribution < 1.29 is 14.0 Å². The highest BCUT2D eigenvalue weighted by Gasteiger charge is 2.38. The van der Waals surface area contributed by atoms with Crippen LogP contribution in [0.5, 0.6) is 0 Å². The van der Waals surface area contributed by atoms with Crippen LogP contribution in [0.2, 0.25) is 0 Å². The monoisotopic (exact) mass is 221 g/mol. The highest BCUT2D eigenvalue weighted by Crippen LogP contribution is 2.31. The minimum atomic E-state index is -0.655. The quantitative estimate of drug-likeness (QED) is 0.675. The molecular weight excluding hydrogens is 209 g/mol. The summed E-state index contributed by atoms with van der Waals surface area (Å²) in [5.41, 5.74) is 0.815. The molecule has 0 spiro atoms. The number of imide groups is 1. The summed E-state index contributed by atoms with van der Waals surface area (Å²) in [5.74, 6) is -1.62. The van der Waals surface area contributed by atoms with E-state index in [-0.39, 0.29) is 24.1 Å². The Hall–Kier alpha value is -1.71. The van der Waals surface area contributed by atoms with Gasteiger partial charge in [-0.15, -0.1) is 0 Å². The second kappa shape index (κ2) is 3.70. The fourth-order valence-electron chi connectivity index (χ4n) is 1.94. The van der Waals surface area contributed by atoms with E-state index in [1.807, 2.05) is 0 Å². The maximum Gasteiger partial charge on any atom is 0.237 e. The number of hydrogen-bond donors (Lipinski definition) is 0. The molecule has 0 bridgehead atoms. The molecule has 1 aromatic carbocycles. The average Bonchev–Trinajstić information content (AvgIpc) is 2.50. The molecule has 0 saturated carbocycles. The predicted octanol–water partition coefficient (Wildman–Crippen LogP) is 1.61. The van der Waals surface area contributed by atoms with Gasteiger partial charge in [0.2, 0.25) is 11.8 Å². The van der Waals surface area contributed by atoms with E-state index in [1.165, 1.54) is 7.05 Å². The maximum atomic E-state index is 13.8. The third-order valence-electron chi connectivity index (χ3n) is 2.98. The van der Waals surface area contributed by atoms with Crippen LogP contribution in [0.1, 0.15) is 23.5 Å². The molecule has 0 aliphatic carbocycles. The molecule has 1 fully saturated rings. The molecule has 0 radical (unpaired) electrons. The first-order chi connectivity index (χ1) is 7.52. The van der Waals surface area contributed by atoms with Crippen molar-refractivity contribution in [2.75, 3.05) is 7.05 Å². The number of likely N-dealkylation sites (tertiary alicyclic amines) is 1. The normalized spacial score (nSPS) is 20.7. The lowest BCUT2D eigenvalue weighted by Gasteiger charge is -2.11. The van der Waals surface area contributed by atoms with Crippen molar-refractivity contribution in [2.24, 2.45) is 0 Å². The van der Waals surface area contributed by atoms with Crippen LogP contribution in [0.25, 0.3) is 0 Å². The van der Waals surface area contributed by atoms with Gasteiger partial charge in [0.15, 0.2) is 0 Å². The van der Waals surface area contributed by atoms with Crippen molar-refractivity contribution in [3.63, 3.8) is 0 Å². The molecule has 1 atom stereocenters. The number of rotatable bonds is 1. The van der Waals surface area contributed by atoms with E-state index in [9.17, 15) is 14.0 Å². The summed E-state index contributed by atoms with van der Waals surface area (Å²) in [6.07, 6.45) is 0.0652. The van der Waals surface area contributed by atoms with Crippen LogP contribution in [-0.2, 0) is 9.59 Å². The standard InChI is InChI=1S/C12H12FNO2/c1-7-4-3-5-8(11(7)13)9-6-10(15)14(2)12(9)16/h3-5,9H,6H2,1-2H3. The van der Waals surface area contributed by atoms with Crippen molar-refractivity contribution in [1.29, 1.82) is 0 Å². The second-order valence-electron chi connectivity index (χ2n) is 4.03. The molecule has 2 rings (SSSR count). The number of hydrogen-bond acceptors (Lipinski definition) is 2. The molecule has 1 aromatic rings. The van der Waals surface area contributed by atoms with E-state index >= 15 is 0 Å². The summed E-state index contributed by atoms with van der Waals surface area (Å²) in [7, 11) is 1.43. The lowest BCUT2D eigenvalue weighted by molar-refractivity contribution is -0.137. The Labute approximate surface area is 92.9 Å². The average molecular weight is 221 g/mol. The van der Waals surface area contributed by atoms with E-state index in [4.69, 9.17) is 0 Å². The number of nitrogens with zero attached hydrogens (tertiary/aromatic N) is 1. The van der Waals surface area contributed by atoms with Crippen LogP contribution in [0.15, 0.2) is 18.2 Å². The minimum Gasteiger partial charge on any atom is -0.285 e. The summed E-state index contributed by atoms with van der Waals surface area (Å²) in [6.45, 7) is 1.64. The Kier molecular flexibility index (Phi) is 2.50. The molecule has 1 saturated heterocycles. The molecule has 84 valence electrons. The van der Waals surface area contributed by atoms with Crippen LogP contribution >= 0.6 is 0 Å². The Morgan fingerprint density at radius 2 is 2.06 bits per heavy atom. The van der Waals surface area contributed by atoms with E-state index in [0.29, 0.717) is 11.1 Å². The summed E-state index contributed by atoms with van der Waals surface area (Å²) >= 11 is 0. The number of aryl methyl sites for hydroxylation is 1. The number of likely N-dealkylation sites (N-methyl/N-ethyl adjacent to an activating group) is 1. The summed E-state index contributed by atoms with van der Waals surface area (Å²) in [6, 6.07) is 4.91. The third kappa shape index (κ3) is 1.50. The summed E-state index contributed by atoms with van der Waals surface area (Å²) < 4.78 is 13.8. The molecule has 1 heterocycles. The molecule has 2 amide bonds. The van der Waals surface area contributed by atoms with Gasteiger partial charge in [-0.05, 0) is 12.5 Å². The zero-order chi connectivity index (χ0) is 11.9. The zero-order valence-corrected chi connectivity index (χ0v) is 9.16. The van der Waals surface area contributed by atoms with E-state index in [1.54, 1.807) is 25.1 Å². The number of amides is 2. The molecule has 3 nitrogen and oxygen atoms in total. The number of benzene rings is 1. The van der Waals surface area contributed by atoms with Gasteiger partial charge in [0, 0.05) is 19.0 Å². The van der Waals surface area contributed by atoms with Crippen molar-refractivity contribution in [2.45, 2.75) is 19.3 Å². The largest absolute Gasteiger partial charge is 0.285 e. The van der Waals surface area contributed by atoms with Gasteiger partial charge < -0.3 is 0 Å². The smallest absolute Gasteiger partial charge is 0.237 e. The van der Waals surface area contributed by atoms with Crippen LogP contribution in [0.4, 0.5) is 4.39 Å². The van der Waals surface area contributed by atoms with Gasteiger partial charge in [0.25, 0.3) is 0 Å². The van der Waals surface area contributed by atoms with Gasteiger partial charge in [-0.3, -0.25) is 14.5 Å². The molecule has 1 unspecified atom stereocenters. The number of carbonyl (C=O) groups is 2. The fraction of sp³-hybridized carbons (Fsp3) is 0.333. The van der Waals surface area contributed by atoms with E-state index in [0.717, 1.165) is 4.90 Å². The van der Waals surface area contributed by atoms with Gasteiger partial charge in [-0.25, -0.2) is 4.39 Å². The first-order valence-electron chi connectivity index (χ1n) is 5.07. The summed E-state index contributed by atoms with van der Waals surface area (Å²) in [4.78, 5) is 24.1. The first-order valence-corrected chi connectivity index (χ1v) is 5.07. The van der Waals surface area contributed by atoms with E-state index in [2.05, 4.69) is 0 Å². The molecule has 16 heavy (non-hydrogen) atoms. The molecular formula is C12H12FNO2. The van der Waals surface area contributed by atoms with Crippen LogP contribution < -0.4 is 0 Å². The van der Waals surface area contributed by atoms with Gasteiger partial charge in [-0.2, -0.15) is 0 Å². The Bertz CT molecular complexity index is 470. The molecule has 1 aliphatic heterocycles. The minimum absolute atomic E-state index is 0.0652. The fourth-order valence-corrected chi connectivity index (χ4v) is 1.94. The SMILES string of the molecule is Cc1cccc(C2CC(=O)N(C)C2=O)c1F. The van der Waals surface area contributed by atoms with Gasteiger partial charge >= 0.3 is 0 Å². The number of halogens is 1. The summed E-state index contributed by atoms with van der Waals surface area (Å²) in [5, 5.41) is 0. The molecule has 0 N–H and O–H groups in total. The number of carbonyl (C=O) groups excluding carboxylic acids is 2. The van der Waals surface area contributed by atoms with Crippen molar-refractivity contribution in [1.82, 2.24) is 4.90 Å². The Morgan fingerprint density at radius 1 is 1.38 bits per heavy atom. The molecule has 0 aromatic heterocycles. The van der Waals surface area contributed by atoms with Gasteiger partial charge in [0.1, 0.15) is 5.82 Å². The Morgan fingerprint density at radius 3 is 2.62 bits per heavy atom. The third-order valence-corrected chi connectivity index (χ3v) is 2.98. The van der Waals surface area contributed by atoms with Crippen LogP contribution in [-0.4, -0.2) is 23.8 Å². The second-order valence-corrected chi connectivity index (χ2v) is 4.03.